The number of ether oxygens (including phenoxy) is 1. The van der Waals surface area contributed by atoms with Gasteiger partial charge in [0.05, 0.1) is 23.2 Å². The summed E-state index contributed by atoms with van der Waals surface area (Å²) in [6.07, 6.45) is 0. The van der Waals surface area contributed by atoms with Crippen molar-refractivity contribution < 1.29 is 17.9 Å². The number of methoxy groups -OCH3 is 1. The Morgan fingerprint density at radius 2 is 1.44 bits per heavy atom. The molecule has 0 atom stereocenters. The first-order valence-corrected chi connectivity index (χ1v) is 12.1. The lowest BCUT2D eigenvalue weighted by Gasteiger charge is -2.13. The van der Waals surface area contributed by atoms with Crippen molar-refractivity contribution in [1.29, 1.82) is 0 Å². The van der Waals surface area contributed by atoms with Gasteiger partial charge in [-0.3, -0.25) is 4.79 Å². The molecule has 5 aromatic rings. The minimum atomic E-state index is -3.88. The van der Waals surface area contributed by atoms with Gasteiger partial charge >= 0.3 is 0 Å². The lowest BCUT2D eigenvalue weighted by molar-refractivity contribution is 0.103. The number of para-hydroxylation sites is 1. The average Bonchev–Trinajstić information content (AvgIpc) is 3.29. The number of carbonyl (C=O) groups excluding carboxylic acids is 1. The summed E-state index contributed by atoms with van der Waals surface area (Å²) in [4.78, 5) is 13.3. The number of rotatable bonds is 6. The van der Waals surface area contributed by atoms with Crippen LogP contribution in [0.1, 0.15) is 15.9 Å². The van der Waals surface area contributed by atoms with Crippen LogP contribution in [0.15, 0.2) is 114 Å². The van der Waals surface area contributed by atoms with Gasteiger partial charge in [0, 0.05) is 16.5 Å². The zero-order valence-electron chi connectivity index (χ0n) is 18.4. The van der Waals surface area contributed by atoms with Crippen molar-refractivity contribution in [3.63, 3.8) is 0 Å². The van der Waals surface area contributed by atoms with E-state index in [1.54, 1.807) is 86.0 Å². The summed E-state index contributed by atoms with van der Waals surface area (Å²) in [5, 5.41) is 0.795. The summed E-state index contributed by atoms with van der Waals surface area (Å²) in [7, 11) is -2.30. The SMILES string of the molecule is COc1ccc(C(=O)c2cccc(-c3cc4ccccc4n3S(=O)(=O)c3ccccc3)c2)cc1. The molecule has 0 saturated carbocycles. The molecule has 168 valence electrons. The standard InChI is InChI=1S/C28H21NO4S/c1-33-24-16-14-20(15-17-24)28(30)23-10-7-9-21(18-23)27-19-22-8-5-6-13-26(22)29(27)34(31,32)25-11-3-2-4-12-25/h2-19H,1H3. The first-order chi connectivity index (χ1) is 16.5. The average molecular weight is 468 g/mol. The second kappa shape index (κ2) is 8.65. The van der Waals surface area contributed by atoms with E-state index in [-0.39, 0.29) is 10.7 Å². The molecule has 5 rings (SSSR count). The van der Waals surface area contributed by atoms with Gasteiger partial charge in [0.15, 0.2) is 5.78 Å². The summed E-state index contributed by atoms with van der Waals surface area (Å²) in [6, 6.07) is 31.5. The highest BCUT2D eigenvalue weighted by atomic mass is 32.2. The van der Waals surface area contributed by atoms with E-state index in [4.69, 9.17) is 4.74 Å². The second-order valence-electron chi connectivity index (χ2n) is 7.81. The molecule has 0 saturated heterocycles. The molecule has 5 nitrogen and oxygen atoms in total. The quantitative estimate of drug-likeness (QED) is 0.297. The minimum Gasteiger partial charge on any atom is -0.497 e. The smallest absolute Gasteiger partial charge is 0.268 e. The molecule has 1 heterocycles. The Kier molecular flexibility index (Phi) is 5.51. The Morgan fingerprint density at radius 3 is 2.18 bits per heavy atom. The lowest BCUT2D eigenvalue weighted by atomic mass is 10.0. The number of carbonyl (C=O) groups is 1. The number of ketones is 1. The van der Waals surface area contributed by atoms with E-state index in [1.807, 2.05) is 30.3 Å². The fourth-order valence-corrected chi connectivity index (χ4v) is 5.57. The Morgan fingerprint density at radius 1 is 0.735 bits per heavy atom. The van der Waals surface area contributed by atoms with Gasteiger partial charge in [-0.05, 0) is 60.2 Å². The normalized spacial score (nSPS) is 11.4. The van der Waals surface area contributed by atoms with Crippen LogP contribution in [0.25, 0.3) is 22.2 Å². The summed E-state index contributed by atoms with van der Waals surface area (Å²) in [5.74, 6) is 0.513. The molecular weight excluding hydrogens is 446 g/mol. The molecule has 0 amide bonds. The second-order valence-corrected chi connectivity index (χ2v) is 9.60. The molecule has 0 radical (unpaired) electrons. The Bertz CT molecular complexity index is 1600. The molecule has 6 heteroatoms. The monoisotopic (exact) mass is 467 g/mol. The van der Waals surface area contributed by atoms with Crippen molar-refractivity contribution in [3.8, 4) is 17.0 Å². The highest BCUT2D eigenvalue weighted by Gasteiger charge is 2.24. The number of hydrogen-bond donors (Lipinski definition) is 0. The molecule has 0 aliphatic heterocycles. The van der Waals surface area contributed by atoms with Gasteiger partial charge in [0.2, 0.25) is 0 Å². The maximum Gasteiger partial charge on any atom is 0.268 e. The van der Waals surface area contributed by atoms with E-state index in [0.717, 1.165) is 5.39 Å². The molecule has 0 aliphatic carbocycles. The van der Waals surface area contributed by atoms with E-state index in [0.29, 0.717) is 33.7 Å². The van der Waals surface area contributed by atoms with E-state index < -0.39 is 10.0 Å². The summed E-state index contributed by atoms with van der Waals surface area (Å²) in [6.45, 7) is 0. The minimum absolute atomic E-state index is 0.155. The highest BCUT2D eigenvalue weighted by molar-refractivity contribution is 7.90. The third kappa shape index (κ3) is 3.78. The number of aromatic nitrogens is 1. The predicted molar refractivity (Wildman–Crippen MR) is 133 cm³/mol. The Balaban J connectivity index is 1.66. The first-order valence-electron chi connectivity index (χ1n) is 10.7. The van der Waals surface area contributed by atoms with Crippen LogP contribution in [0.5, 0.6) is 5.75 Å². The molecule has 34 heavy (non-hydrogen) atoms. The van der Waals surface area contributed by atoms with Gasteiger partial charge in [-0.15, -0.1) is 0 Å². The van der Waals surface area contributed by atoms with Gasteiger partial charge in [-0.1, -0.05) is 54.6 Å². The Hall–Kier alpha value is -4.16. The zero-order chi connectivity index (χ0) is 23.7. The van der Waals surface area contributed by atoms with Crippen LogP contribution < -0.4 is 4.74 Å². The molecule has 0 fully saturated rings. The van der Waals surface area contributed by atoms with Gasteiger partial charge in [-0.2, -0.15) is 0 Å². The third-order valence-electron chi connectivity index (χ3n) is 5.72. The first kappa shape index (κ1) is 21.7. The van der Waals surface area contributed by atoms with Crippen molar-refractivity contribution in [3.05, 3.63) is 120 Å². The van der Waals surface area contributed by atoms with Gasteiger partial charge < -0.3 is 4.74 Å². The van der Waals surface area contributed by atoms with Gasteiger partial charge in [-0.25, -0.2) is 12.4 Å². The maximum absolute atomic E-state index is 13.7. The van der Waals surface area contributed by atoms with E-state index in [1.165, 1.54) is 3.97 Å². The third-order valence-corrected chi connectivity index (χ3v) is 7.46. The highest BCUT2D eigenvalue weighted by Crippen LogP contribution is 2.33. The largest absolute Gasteiger partial charge is 0.497 e. The number of fused-ring (bicyclic) bond motifs is 1. The fourth-order valence-electron chi connectivity index (χ4n) is 4.02. The topological polar surface area (TPSA) is 65.4 Å². The van der Waals surface area contributed by atoms with Crippen molar-refractivity contribution in [2.24, 2.45) is 0 Å². The fraction of sp³-hybridized carbons (Fsp3) is 0.0357. The number of hydrogen-bond acceptors (Lipinski definition) is 4. The predicted octanol–water partition coefficient (Wildman–Crippen LogP) is 5.78. The lowest BCUT2D eigenvalue weighted by Crippen LogP contribution is -2.14. The van der Waals surface area contributed by atoms with Gasteiger partial charge in [0.25, 0.3) is 10.0 Å². The van der Waals surface area contributed by atoms with Crippen molar-refractivity contribution in [1.82, 2.24) is 3.97 Å². The molecule has 4 aromatic carbocycles. The van der Waals surface area contributed by atoms with E-state index >= 15 is 0 Å². The van der Waals surface area contributed by atoms with Crippen molar-refractivity contribution in [2.75, 3.05) is 7.11 Å². The van der Waals surface area contributed by atoms with Crippen LogP contribution in [0.2, 0.25) is 0 Å². The van der Waals surface area contributed by atoms with Gasteiger partial charge in [0.1, 0.15) is 5.75 Å². The summed E-state index contributed by atoms with van der Waals surface area (Å²) >= 11 is 0. The van der Waals surface area contributed by atoms with E-state index in [9.17, 15) is 13.2 Å². The molecular formula is C28H21NO4S. The van der Waals surface area contributed by atoms with Crippen LogP contribution in [0.4, 0.5) is 0 Å². The van der Waals surface area contributed by atoms with Crippen LogP contribution in [-0.2, 0) is 10.0 Å². The molecule has 0 unspecified atom stereocenters. The maximum atomic E-state index is 13.7. The van der Waals surface area contributed by atoms with Crippen LogP contribution in [-0.4, -0.2) is 25.3 Å². The molecule has 0 N–H and O–H groups in total. The van der Waals surface area contributed by atoms with Crippen molar-refractivity contribution >= 4 is 26.7 Å². The number of benzene rings is 4. The van der Waals surface area contributed by atoms with E-state index in [2.05, 4.69) is 0 Å². The van der Waals surface area contributed by atoms with Crippen LogP contribution >= 0.6 is 0 Å². The number of nitrogens with zero attached hydrogens (tertiary/aromatic N) is 1. The Labute approximate surface area is 197 Å². The molecule has 0 bridgehead atoms. The molecule has 0 spiro atoms. The summed E-state index contributed by atoms with van der Waals surface area (Å²) in [5.41, 5.74) is 2.70. The summed E-state index contributed by atoms with van der Waals surface area (Å²) < 4.78 is 33.9. The van der Waals surface area contributed by atoms with Crippen LogP contribution in [0, 0.1) is 0 Å². The molecule has 1 aromatic heterocycles. The van der Waals surface area contributed by atoms with Crippen LogP contribution in [0.3, 0.4) is 0 Å². The van der Waals surface area contributed by atoms with Crippen molar-refractivity contribution in [2.45, 2.75) is 4.90 Å². The molecule has 0 aliphatic rings. The zero-order valence-corrected chi connectivity index (χ0v) is 19.2.